The van der Waals surface area contributed by atoms with Crippen LogP contribution in [0.4, 0.5) is 0 Å². The fourth-order valence-corrected chi connectivity index (χ4v) is 2.04. The Morgan fingerprint density at radius 1 is 1.07 bits per heavy atom. The second kappa shape index (κ2) is 6.15. The molecule has 0 radical (unpaired) electrons. The van der Waals surface area contributed by atoms with Gasteiger partial charge >= 0.3 is 0 Å². The maximum atomic E-state index is 5.15. The van der Waals surface area contributed by atoms with Crippen LogP contribution in [0.5, 0.6) is 0 Å². The first-order valence-corrected chi connectivity index (χ1v) is 5.66. The van der Waals surface area contributed by atoms with E-state index in [0.717, 1.165) is 19.5 Å². The van der Waals surface area contributed by atoms with Crippen molar-refractivity contribution in [1.82, 2.24) is 10.6 Å². The summed E-state index contributed by atoms with van der Waals surface area (Å²) in [6.45, 7) is 13.9. The molecule has 0 aliphatic carbocycles. The fraction of sp³-hybridized carbons (Fsp3) is 0.846. The van der Waals surface area contributed by atoms with Gasteiger partial charge in [-0.1, -0.05) is 26.7 Å². The molecule has 0 aliphatic heterocycles. The van der Waals surface area contributed by atoms with Gasteiger partial charge in [0.15, 0.2) is 0 Å². The molecule has 0 aromatic carbocycles. The summed E-state index contributed by atoms with van der Waals surface area (Å²) in [5.74, 6) is 2.56. The van der Waals surface area contributed by atoms with E-state index in [4.69, 9.17) is 6.42 Å². The van der Waals surface area contributed by atoms with Crippen LogP contribution in [-0.2, 0) is 0 Å². The average molecular weight is 210 g/mol. The summed E-state index contributed by atoms with van der Waals surface area (Å²) < 4.78 is 0. The SMILES string of the molecule is C#CCNCCNC(C)(C)CC(C)(C)C. The molecule has 2 heteroatoms. The van der Waals surface area contributed by atoms with Crippen molar-refractivity contribution in [3.63, 3.8) is 0 Å². The molecule has 15 heavy (non-hydrogen) atoms. The molecule has 2 nitrogen and oxygen atoms in total. The molecule has 0 aliphatic rings. The largest absolute Gasteiger partial charge is 0.311 e. The van der Waals surface area contributed by atoms with E-state index >= 15 is 0 Å². The molecule has 0 saturated carbocycles. The minimum atomic E-state index is 0.191. The van der Waals surface area contributed by atoms with E-state index in [0.29, 0.717) is 12.0 Å². The lowest BCUT2D eigenvalue weighted by molar-refractivity contribution is 0.243. The Hall–Kier alpha value is -0.520. The smallest absolute Gasteiger partial charge is 0.0574 e. The zero-order chi connectivity index (χ0) is 11.9. The number of nitrogens with one attached hydrogen (secondary N) is 2. The summed E-state index contributed by atoms with van der Waals surface area (Å²) in [5.41, 5.74) is 0.554. The fourth-order valence-electron chi connectivity index (χ4n) is 2.04. The van der Waals surface area contributed by atoms with Crippen molar-refractivity contribution in [2.75, 3.05) is 19.6 Å². The quantitative estimate of drug-likeness (QED) is 0.518. The van der Waals surface area contributed by atoms with Gasteiger partial charge in [0.25, 0.3) is 0 Å². The van der Waals surface area contributed by atoms with Gasteiger partial charge in [-0.2, -0.15) is 0 Å². The van der Waals surface area contributed by atoms with E-state index in [2.05, 4.69) is 51.2 Å². The molecule has 88 valence electrons. The molecule has 0 fully saturated rings. The maximum absolute atomic E-state index is 5.15. The summed E-state index contributed by atoms with van der Waals surface area (Å²) in [5, 5.41) is 6.72. The molecule has 0 amide bonds. The predicted molar refractivity (Wildman–Crippen MR) is 67.9 cm³/mol. The Bertz CT molecular complexity index is 206. The summed E-state index contributed by atoms with van der Waals surface area (Å²) in [6.07, 6.45) is 6.31. The van der Waals surface area contributed by atoms with Crippen molar-refractivity contribution in [3.8, 4) is 12.3 Å². The number of hydrogen-bond acceptors (Lipinski definition) is 2. The molecule has 0 unspecified atom stereocenters. The molecule has 0 rings (SSSR count). The summed E-state index contributed by atoms with van der Waals surface area (Å²) in [7, 11) is 0. The maximum Gasteiger partial charge on any atom is 0.0574 e. The third-order valence-electron chi connectivity index (χ3n) is 2.10. The highest BCUT2D eigenvalue weighted by atomic mass is 15.0. The van der Waals surface area contributed by atoms with Crippen LogP contribution < -0.4 is 10.6 Å². The Kier molecular flexibility index (Phi) is 5.93. The first kappa shape index (κ1) is 14.5. The lowest BCUT2D eigenvalue weighted by Gasteiger charge is -2.33. The van der Waals surface area contributed by atoms with Gasteiger partial charge in [0, 0.05) is 18.6 Å². The van der Waals surface area contributed by atoms with E-state index in [1.165, 1.54) is 0 Å². The van der Waals surface area contributed by atoms with Gasteiger partial charge in [-0.15, -0.1) is 6.42 Å². The molecule has 0 aromatic heterocycles. The second-order valence-corrected chi connectivity index (χ2v) is 5.93. The lowest BCUT2D eigenvalue weighted by Crippen LogP contribution is -2.45. The highest BCUT2D eigenvalue weighted by Gasteiger charge is 2.24. The predicted octanol–water partition coefficient (Wildman–Crippen LogP) is 2.01. The number of hydrogen-bond donors (Lipinski definition) is 2. The topological polar surface area (TPSA) is 24.1 Å². The highest BCUT2D eigenvalue weighted by molar-refractivity contribution is 4.87. The van der Waals surface area contributed by atoms with Gasteiger partial charge in [-0.25, -0.2) is 0 Å². The average Bonchev–Trinajstić information content (AvgIpc) is 1.99. The summed E-state index contributed by atoms with van der Waals surface area (Å²) in [6, 6.07) is 0. The van der Waals surface area contributed by atoms with E-state index in [-0.39, 0.29) is 5.54 Å². The van der Waals surface area contributed by atoms with Gasteiger partial charge in [0.1, 0.15) is 0 Å². The van der Waals surface area contributed by atoms with Crippen LogP contribution in [0.2, 0.25) is 0 Å². The van der Waals surface area contributed by atoms with E-state index in [1.807, 2.05) is 0 Å². The summed E-state index contributed by atoms with van der Waals surface area (Å²) >= 11 is 0. The van der Waals surface area contributed by atoms with Gasteiger partial charge in [-0.3, -0.25) is 0 Å². The molecule has 0 atom stereocenters. The molecule has 0 bridgehead atoms. The lowest BCUT2D eigenvalue weighted by atomic mass is 9.82. The van der Waals surface area contributed by atoms with Gasteiger partial charge < -0.3 is 10.6 Å². The van der Waals surface area contributed by atoms with Crippen LogP contribution in [0.25, 0.3) is 0 Å². The monoisotopic (exact) mass is 210 g/mol. The van der Waals surface area contributed by atoms with Crippen LogP contribution in [0.3, 0.4) is 0 Å². The number of rotatable bonds is 6. The van der Waals surface area contributed by atoms with Crippen LogP contribution >= 0.6 is 0 Å². The van der Waals surface area contributed by atoms with Crippen LogP contribution in [0, 0.1) is 17.8 Å². The molecule has 0 heterocycles. The molecule has 2 N–H and O–H groups in total. The van der Waals surface area contributed by atoms with E-state index < -0.39 is 0 Å². The summed E-state index contributed by atoms with van der Waals surface area (Å²) in [4.78, 5) is 0. The molecular formula is C13H26N2. The molecule has 0 saturated heterocycles. The van der Waals surface area contributed by atoms with E-state index in [9.17, 15) is 0 Å². The van der Waals surface area contributed by atoms with Gasteiger partial charge in [0.2, 0.25) is 0 Å². The Morgan fingerprint density at radius 2 is 1.67 bits per heavy atom. The van der Waals surface area contributed by atoms with Crippen LogP contribution in [0.15, 0.2) is 0 Å². The van der Waals surface area contributed by atoms with Gasteiger partial charge in [0.05, 0.1) is 6.54 Å². The first-order chi connectivity index (χ1) is 6.77. The zero-order valence-corrected chi connectivity index (χ0v) is 10.9. The number of terminal acetylenes is 1. The second-order valence-electron chi connectivity index (χ2n) is 5.93. The molecule has 0 aromatic rings. The van der Waals surface area contributed by atoms with Crippen molar-refractivity contribution in [3.05, 3.63) is 0 Å². The van der Waals surface area contributed by atoms with Crippen molar-refractivity contribution < 1.29 is 0 Å². The highest BCUT2D eigenvalue weighted by Crippen LogP contribution is 2.26. The normalized spacial score (nSPS) is 12.5. The van der Waals surface area contributed by atoms with Crippen molar-refractivity contribution >= 4 is 0 Å². The first-order valence-electron chi connectivity index (χ1n) is 5.66. The molecular weight excluding hydrogens is 184 g/mol. The third kappa shape index (κ3) is 9.78. The van der Waals surface area contributed by atoms with Crippen LogP contribution in [-0.4, -0.2) is 25.2 Å². The van der Waals surface area contributed by atoms with Crippen molar-refractivity contribution in [2.24, 2.45) is 5.41 Å². The zero-order valence-electron chi connectivity index (χ0n) is 10.9. The minimum absolute atomic E-state index is 0.191. The molecule has 0 spiro atoms. The van der Waals surface area contributed by atoms with Gasteiger partial charge in [-0.05, 0) is 25.7 Å². The standard InChI is InChI=1S/C13H26N2/c1-7-8-14-9-10-15-13(5,6)11-12(2,3)4/h1,14-15H,8-11H2,2-6H3. The Labute approximate surface area is 95.2 Å². The Balaban J connectivity index is 3.71. The minimum Gasteiger partial charge on any atom is -0.311 e. The van der Waals surface area contributed by atoms with Crippen molar-refractivity contribution in [1.29, 1.82) is 0 Å². The van der Waals surface area contributed by atoms with Crippen molar-refractivity contribution in [2.45, 2.75) is 46.6 Å². The Morgan fingerprint density at radius 3 is 2.13 bits per heavy atom. The third-order valence-corrected chi connectivity index (χ3v) is 2.10. The van der Waals surface area contributed by atoms with Crippen LogP contribution in [0.1, 0.15) is 41.0 Å². The van der Waals surface area contributed by atoms with E-state index in [1.54, 1.807) is 0 Å².